The molecule has 4 bridgehead atoms. The molecular formula is C17H28N2O3. The molecule has 5 heteroatoms. The highest BCUT2D eigenvalue weighted by Crippen LogP contribution is 2.56. The number of carbonyl (C=O) groups excluding carboxylic acids is 2. The SMILES string of the molecule is COC[C@@H](NC(C)=O)C(=O)NCC1C2CC3CC(C2)CC1C3. The van der Waals surface area contributed by atoms with E-state index < -0.39 is 6.04 Å². The van der Waals surface area contributed by atoms with E-state index in [1.165, 1.54) is 39.0 Å². The summed E-state index contributed by atoms with van der Waals surface area (Å²) >= 11 is 0. The quantitative estimate of drug-likeness (QED) is 0.778. The molecule has 0 spiro atoms. The molecule has 4 aliphatic carbocycles. The fourth-order valence-corrected chi connectivity index (χ4v) is 5.31. The van der Waals surface area contributed by atoms with E-state index in [1.54, 1.807) is 7.11 Å². The van der Waals surface area contributed by atoms with Crippen LogP contribution in [0.15, 0.2) is 0 Å². The summed E-state index contributed by atoms with van der Waals surface area (Å²) in [6.45, 7) is 2.40. The van der Waals surface area contributed by atoms with Crippen molar-refractivity contribution in [2.24, 2.45) is 29.6 Å². The topological polar surface area (TPSA) is 67.4 Å². The average Bonchev–Trinajstić information content (AvgIpc) is 2.44. The Morgan fingerprint density at radius 1 is 1.09 bits per heavy atom. The monoisotopic (exact) mass is 308 g/mol. The van der Waals surface area contributed by atoms with Crippen LogP contribution in [0, 0.1) is 29.6 Å². The number of ether oxygens (including phenoxy) is 1. The Morgan fingerprint density at radius 2 is 1.68 bits per heavy atom. The molecule has 2 amide bonds. The van der Waals surface area contributed by atoms with Gasteiger partial charge in [-0.15, -0.1) is 0 Å². The molecule has 0 radical (unpaired) electrons. The van der Waals surface area contributed by atoms with Gasteiger partial charge in [-0.05, 0) is 61.7 Å². The molecule has 0 heterocycles. The molecule has 0 aromatic rings. The lowest BCUT2D eigenvalue weighted by Crippen LogP contribution is -2.53. The largest absolute Gasteiger partial charge is 0.382 e. The first kappa shape index (κ1) is 15.8. The fourth-order valence-electron chi connectivity index (χ4n) is 5.31. The molecule has 4 rings (SSSR count). The molecule has 0 aromatic carbocycles. The number of carbonyl (C=O) groups is 2. The minimum atomic E-state index is -0.584. The highest BCUT2D eigenvalue weighted by atomic mass is 16.5. The van der Waals surface area contributed by atoms with Crippen molar-refractivity contribution in [2.75, 3.05) is 20.3 Å². The van der Waals surface area contributed by atoms with Crippen LogP contribution in [-0.4, -0.2) is 38.1 Å². The van der Waals surface area contributed by atoms with Crippen molar-refractivity contribution in [2.45, 2.75) is 45.1 Å². The zero-order valence-corrected chi connectivity index (χ0v) is 13.6. The third-order valence-electron chi connectivity index (χ3n) is 5.96. The van der Waals surface area contributed by atoms with E-state index in [-0.39, 0.29) is 18.4 Å². The Kier molecular flexibility index (Phi) is 4.71. The first-order valence-electron chi connectivity index (χ1n) is 8.60. The van der Waals surface area contributed by atoms with Gasteiger partial charge in [0.2, 0.25) is 11.8 Å². The van der Waals surface area contributed by atoms with Gasteiger partial charge in [0.15, 0.2) is 0 Å². The van der Waals surface area contributed by atoms with Crippen LogP contribution in [0.4, 0.5) is 0 Å². The van der Waals surface area contributed by atoms with Crippen molar-refractivity contribution in [1.29, 1.82) is 0 Å². The smallest absolute Gasteiger partial charge is 0.244 e. The van der Waals surface area contributed by atoms with Crippen molar-refractivity contribution >= 4 is 11.8 Å². The van der Waals surface area contributed by atoms with E-state index in [0.717, 1.165) is 30.2 Å². The third-order valence-corrected chi connectivity index (χ3v) is 5.96. The zero-order chi connectivity index (χ0) is 15.7. The van der Waals surface area contributed by atoms with Gasteiger partial charge in [-0.3, -0.25) is 9.59 Å². The molecule has 0 aliphatic heterocycles. The first-order valence-corrected chi connectivity index (χ1v) is 8.60. The predicted octanol–water partition coefficient (Wildman–Crippen LogP) is 1.33. The summed E-state index contributed by atoms with van der Waals surface area (Å²) in [5.74, 6) is 3.83. The van der Waals surface area contributed by atoms with E-state index in [1.807, 2.05) is 0 Å². The molecule has 4 saturated carbocycles. The van der Waals surface area contributed by atoms with E-state index in [2.05, 4.69) is 10.6 Å². The predicted molar refractivity (Wildman–Crippen MR) is 83.0 cm³/mol. The molecule has 1 atom stereocenters. The van der Waals surface area contributed by atoms with Crippen LogP contribution in [0.25, 0.3) is 0 Å². The third kappa shape index (κ3) is 3.29. The zero-order valence-electron chi connectivity index (χ0n) is 13.6. The summed E-state index contributed by atoms with van der Waals surface area (Å²) in [7, 11) is 1.54. The van der Waals surface area contributed by atoms with Gasteiger partial charge in [0.05, 0.1) is 6.61 Å². The van der Waals surface area contributed by atoms with E-state index in [4.69, 9.17) is 4.74 Å². The van der Waals surface area contributed by atoms with Crippen molar-refractivity contribution in [1.82, 2.24) is 10.6 Å². The molecule has 0 unspecified atom stereocenters. The van der Waals surface area contributed by atoms with Gasteiger partial charge < -0.3 is 15.4 Å². The number of amides is 2. The summed E-state index contributed by atoms with van der Waals surface area (Å²) in [5, 5.41) is 5.72. The number of methoxy groups -OCH3 is 1. The van der Waals surface area contributed by atoms with E-state index >= 15 is 0 Å². The van der Waals surface area contributed by atoms with Crippen LogP contribution in [-0.2, 0) is 14.3 Å². The van der Waals surface area contributed by atoms with Gasteiger partial charge in [-0.25, -0.2) is 0 Å². The lowest BCUT2D eigenvalue weighted by atomic mass is 9.52. The maximum atomic E-state index is 12.3. The second-order valence-electron chi connectivity index (χ2n) is 7.55. The average molecular weight is 308 g/mol. The summed E-state index contributed by atoms with van der Waals surface area (Å²) in [6.07, 6.45) is 6.90. The molecule has 0 aromatic heterocycles. The summed E-state index contributed by atoms with van der Waals surface area (Å²) < 4.78 is 5.04. The van der Waals surface area contributed by atoms with Crippen molar-refractivity contribution in [3.8, 4) is 0 Å². The number of hydrogen-bond acceptors (Lipinski definition) is 3. The molecule has 5 nitrogen and oxygen atoms in total. The molecular weight excluding hydrogens is 280 g/mol. The van der Waals surface area contributed by atoms with Crippen LogP contribution in [0.5, 0.6) is 0 Å². The van der Waals surface area contributed by atoms with Crippen molar-refractivity contribution in [3.05, 3.63) is 0 Å². The normalized spacial score (nSPS) is 36.9. The van der Waals surface area contributed by atoms with Gasteiger partial charge in [0.1, 0.15) is 6.04 Å². The summed E-state index contributed by atoms with van der Waals surface area (Å²) in [5.41, 5.74) is 0. The van der Waals surface area contributed by atoms with Crippen molar-refractivity contribution < 1.29 is 14.3 Å². The van der Waals surface area contributed by atoms with Gasteiger partial charge in [-0.1, -0.05) is 0 Å². The Bertz CT molecular complexity index is 410. The lowest BCUT2D eigenvalue weighted by Gasteiger charge is -2.54. The molecule has 0 saturated heterocycles. The first-order chi connectivity index (χ1) is 10.6. The second-order valence-corrected chi connectivity index (χ2v) is 7.55. The van der Waals surface area contributed by atoms with Gasteiger partial charge >= 0.3 is 0 Å². The standard InChI is InChI=1S/C17H28N2O3/c1-10(20)19-16(9-22-2)17(21)18-8-15-13-4-11-3-12(6-13)7-14(15)5-11/h11-16H,3-9H2,1-2H3,(H,18,21)(H,19,20)/t11?,12?,13?,14?,15?,16-/m1/s1. The van der Waals surface area contributed by atoms with Gasteiger partial charge in [0.25, 0.3) is 0 Å². The lowest BCUT2D eigenvalue weighted by molar-refractivity contribution is -0.130. The number of rotatable bonds is 6. The maximum Gasteiger partial charge on any atom is 0.244 e. The van der Waals surface area contributed by atoms with Crippen LogP contribution in [0.3, 0.4) is 0 Å². The minimum Gasteiger partial charge on any atom is -0.382 e. The van der Waals surface area contributed by atoms with Crippen molar-refractivity contribution in [3.63, 3.8) is 0 Å². The Balaban J connectivity index is 1.53. The molecule has 124 valence electrons. The Labute approximate surface area is 132 Å². The highest BCUT2D eigenvalue weighted by Gasteiger charge is 2.48. The Hall–Kier alpha value is -1.10. The van der Waals surface area contributed by atoms with Gasteiger partial charge in [-0.2, -0.15) is 0 Å². The molecule has 4 fully saturated rings. The Morgan fingerprint density at radius 3 is 2.18 bits per heavy atom. The maximum absolute atomic E-state index is 12.3. The number of hydrogen-bond donors (Lipinski definition) is 2. The van der Waals surface area contributed by atoms with Gasteiger partial charge in [0, 0.05) is 20.6 Å². The molecule has 22 heavy (non-hydrogen) atoms. The highest BCUT2D eigenvalue weighted by molar-refractivity contribution is 5.86. The summed E-state index contributed by atoms with van der Waals surface area (Å²) in [4.78, 5) is 23.5. The number of nitrogens with one attached hydrogen (secondary N) is 2. The summed E-state index contributed by atoms with van der Waals surface area (Å²) in [6, 6.07) is -0.584. The molecule has 2 N–H and O–H groups in total. The van der Waals surface area contributed by atoms with Crippen LogP contribution in [0.2, 0.25) is 0 Å². The van der Waals surface area contributed by atoms with Crippen LogP contribution < -0.4 is 10.6 Å². The van der Waals surface area contributed by atoms with Crippen LogP contribution in [0.1, 0.15) is 39.0 Å². The second kappa shape index (κ2) is 6.57. The fraction of sp³-hybridized carbons (Fsp3) is 0.882. The van der Waals surface area contributed by atoms with E-state index in [0.29, 0.717) is 5.92 Å². The minimum absolute atomic E-state index is 0.120. The molecule has 4 aliphatic rings. The van der Waals surface area contributed by atoms with Crippen LogP contribution >= 0.6 is 0 Å². The van der Waals surface area contributed by atoms with E-state index in [9.17, 15) is 9.59 Å².